The molecule has 1 aromatic carbocycles. The number of hydrogen-bond acceptors (Lipinski definition) is 3. The van der Waals surface area contributed by atoms with E-state index in [9.17, 15) is 4.79 Å². The molecule has 0 saturated heterocycles. The Morgan fingerprint density at radius 1 is 1.31 bits per heavy atom. The molecule has 0 aliphatic heterocycles. The number of methoxy groups -OCH3 is 1. The molecule has 0 radical (unpaired) electrons. The van der Waals surface area contributed by atoms with E-state index in [0.29, 0.717) is 13.0 Å². The first-order valence-corrected chi connectivity index (χ1v) is 5.52. The maximum absolute atomic E-state index is 11.3. The minimum Gasteiger partial charge on any atom is -0.496 e. The Kier molecular flexibility index (Phi) is 4.83. The number of benzene rings is 1. The van der Waals surface area contributed by atoms with E-state index >= 15 is 0 Å². The first-order valence-electron chi connectivity index (χ1n) is 5.52. The molecule has 3 heteroatoms. The second-order valence-corrected chi connectivity index (χ2v) is 3.48. The van der Waals surface area contributed by atoms with Crippen molar-refractivity contribution in [1.82, 2.24) is 0 Å². The number of carbonyl (C=O) groups excluding carboxylic acids is 1. The van der Waals surface area contributed by atoms with Crippen LogP contribution in [0.4, 0.5) is 0 Å². The highest BCUT2D eigenvalue weighted by Gasteiger charge is 2.07. The van der Waals surface area contributed by atoms with Gasteiger partial charge in [-0.3, -0.25) is 4.79 Å². The lowest BCUT2D eigenvalue weighted by atomic mass is 10.1. The van der Waals surface area contributed by atoms with Gasteiger partial charge in [0, 0.05) is 0 Å². The number of ether oxygens (including phenoxy) is 2. The first kappa shape index (κ1) is 12.6. The van der Waals surface area contributed by atoms with Crippen molar-refractivity contribution >= 4 is 5.97 Å². The molecule has 1 rings (SSSR count). The molecule has 88 valence electrons. The maximum atomic E-state index is 11.3. The van der Waals surface area contributed by atoms with Gasteiger partial charge in [-0.25, -0.2) is 0 Å². The van der Waals surface area contributed by atoms with E-state index in [0.717, 1.165) is 23.3 Å². The van der Waals surface area contributed by atoms with Crippen LogP contribution in [0, 0.1) is 0 Å². The van der Waals surface area contributed by atoms with Crippen molar-refractivity contribution in [1.29, 1.82) is 0 Å². The van der Waals surface area contributed by atoms with E-state index in [4.69, 9.17) is 9.47 Å². The van der Waals surface area contributed by atoms with E-state index in [1.807, 2.05) is 18.2 Å². The number of hydrogen-bond donors (Lipinski definition) is 0. The average molecular weight is 222 g/mol. The number of esters is 1. The fourth-order valence-corrected chi connectivity index (χ4v) is 1.57. The lowest BCUT2D eigenvalue weighted by molar-refractivity contribution is -0.142. The highest BCUT2D eigenvalue weighted by molar-refractivity contribution is 5.72. The minimum absolute atomic E-state index is 0.200. The Labute approximate surface area is 96.4 Å². The zero-order valence-electron chi connectivity index (χ0n) is 10.1. The SMILES string of the molecule is CCOC(=O)Cc1ccc(CC)c(OC)c1. The summed E-state index contributed by atoms with van der Waals surface area (Å²) in [5.74, 6) is 0.637. The molecule has 0 amide bonds. The molecule has 0 aliphatic carbocycles. The van der Waals surface area contributed by atoms with Crippen LogP contribution in [0.3, 0.4) is 0 Å². The zero-order valence-corrected chi connectivity index (χ0v) is 10.1. The molecule has 0 saturated carbocycles. The predicted molar refractivity (Wildman–Crippen MR) is 62.7 cm³/mol. The molecule has 0 N–H and O–H groups in total. The van der Waals surface area contributed by atoms with Crippen LogP contribution in [-0.4, -0.2) is 19.7 Å². The molecule has 16 heavy (non-hydrogen) atoms. The van der Waals surface area contributed by atoms with Crippen LogP contribution < -0.4 is 4.74 Å². The molecular formula is C13H18O3. The van der Waals surface area contributed by atoms with E-state index < -0.39 is 0 Å². The fraction of sp³-hybridized carbons (Fsp3) is 0.462. The smallest absolute Gasteiger partial charge is 0.310 e. The summed E-state index contributed by atoms with van der Waals surface area (Å²) in [7, 11) is 1.64. The van der Waals surface area contributed by atoms with Gasteiger partial charge in [-0.15, -0.1) is 0 Å². The summed E-state index contributed by atoms with van der Waals surface area (Å²) < 4.78 is 10.2. The van der Waals surface area contributed by atoms with E-state index in [1.54, 1.807) is 14.0 Å². The van der Waals surface area contributed by atoms with Crippen molar-refractivity contribution < 1.29 is 14.3 Å². The topological polar surface area (TPSA) is 35.5 Å². The maximum Gasteiger partial charge on any atom is 0.310 e. The summed E-state index contributed by atoms with van der Waals surface area (Å²) >= 11 is 0. The average Bonchev–Trinajstić information content (AvgIpc) is 2.29. The van der Waals surface area contributed by atoms with Crippen LogP contribution in [0.25, 0.3) is 0 Å². The first-order chi connectivity index (χ1) is 7.71. The molecule has 0 atom stereocenters. The van der Waals surface area contributed by atoms with Crippen molar-refractivity contribution in [3.63, 3.8) is 0 Å². The molecule has 0 heterocycles. The largest absolute Gasteiger partial charge is 0.496 e. The quantitative estimate of drug-likeness (QED) is 0.717. The summed E-state index contributed by atoms with van der Waals surface area (Å²) in [6.45, 7) is 4.30. The second-order valence-electron chi connectivity index (χ2n) is 3.48. The molecule has 3 nitrogen and oxygen atoms in total. The number of rotatable bonds is 5. The van der Waals surface area contributed by atoms with Gasteiger partial charge < -0.3 is 9.47 Å². The highest BCUT2D eigenvalue weighted by atomic mass is 16.5. The van der Waals surface area contributed by atoms with Crippen LogP contribution in [-0.2, 0) is 22.4 Å². The van der Waals surface area contributed by atoms with Crippen LogP contribution in [0.2, 0.25) is 0 Å². The standard InChI is InChI=1S/C13H18O3/c1-4-11-7-6-10(8-12(11)15-3)9-13(14)16-5-2/h6-8H,4-5,9H2,1-3H3. The molecule has 0 spiro atoms. The van der Waals surface area contributed by atoms with Gasteiger partial charge in [-0.1, -0.05) is 19.1 Å². The highest BCUT2D eigenvalue weighted by Crippen LogP contribution is 2.21. The molecule has 0 bridgehead atoms. The van der Waals surface area contributed by atoms with Crippen molar-refractivity contribution in [2.45, 2.75) is 26.7 Å². The normalized spacial score (nSPS) is 9.94. The van der Waals surface area contributed by atoms with E-state index in [-0.39, 0.29) is 5.97 Å². The molecule has 0 aliphatic rings. The summed E-state index contributed by atoms with van der Waals surface area (Å²) in [5.41, 5.74) is 2.07. The van der Waals surface area contributed by atoms with Gasteiger partial charge in [0.15, 0.2) is 0 Å². The Bertz CT molecular complexity index is 358. The summed E-state index contributed by atoms with van der Waals surface area (Å²) in [5, 5.41) is 0. The summed E-state index contributed by atoms with van der Waals surface area (Å²) in [6.07, 6.45) is 1.22. The molecule has 1 aromatic rings. The van der Waals surface area contributed by atoms with Crippen molar-refractivity contribution in [3.05, 3.63) is 29.3 Å². The lowest BCUT2D eigenvalue weighted by Gasteiger charge is -2.09. The third-order valence-corrected chi connectivity index (χ3v) is 2.39. The monoisotopic (exact) mass is 222 g/mol. The Hall–Kier alpha value is -1.51. The van der Waals surface area contributed by atoms with Crippen molar-refractivity contribution in [2.75, 3.05) is 13.7 Å². The van der Waals surface area contributed by atoms with Gasteiger partial charge in [0.2, 0.25) is 0 Å². The van der Waals surface area contributed by atoms with Gasteiger partial charge in [0.25, 0.3) is 0 Å². The lowest BCUT2D eigenvalue weighted by Crippen LogP contribution is -2.07. The van der Waals surface area contributed by atoms with Gasteiger partial charge >= 0.3 is 5.97 Å². The van der Waals surface area contributed by atoms with Crippen LogP contribution in [0.1, 0.15) is 25.0 Å². The molecule has 0 unspecified atom stereocenters. The van der Waals surface area contributed by atoms with Gasteiger partial charge in [0.1, 0.15) is 5.75 Å². The van der Waals surface area contributed by atoms with Crippen LogP contribution in [0.5, 0.6) is 5.75 Å². The summed E-state index contributed by atoms with van der Waals surface area (Å²) in [4.78, 5) is 11.3. The number of aryl methyl sites for hydroxylation is 1. The van der Waals surface area contributed by atoms with Crippen LogP contribution in [0.15, 0.2) is 18.2 Å². The molecule has 0 aromatic heterocycles. The third kappa shape index (κ3) is 3.26. The Morgan fingerprint density at radius 2 is 2.06 bits per heavy atom. The van der Waals surface area contributed by atoms with Gasteiger partial charge in [-0.05, 0) is 30.5 Å². The number of carbonyl (C=O) groups is 1. The molecular weight excluding hydrogens is 204 g/mol. The Balaban J connectivity index is 2.78. The fourth-order valence-electron chi connectivity index (χ4n) is 1.57. The van der Waals surface area contributed by atoms with Gasteiger partial charge in [-0.2, -0.15) is 0 Å². The van der Waals surface area contributed by atoms with Crippen molar-refractivity contribution in [3.8, 4) is 5.75 Å². The third-order valence-electron chi connectivity index (χ3n) is 2.39. The van der Waals surface area contributed by atoms with E-state index in [1.165, 1.54) is 0 Å². The molecule has 0 fully saturated rings. The van der Waals surface area contributed by atoms with E-state index in [2.05, 4.69) is 6.92 Å². The second kappa shape index (κ2) is 6.16. The predicted octanol–water partition coefficient (Wildman–Crippen LogP) is 2.36. The van der Waals surface area contributed by atoms with Crippen molar-refractivity contribution in [2.24, 2.45) is 0 Å². The Morgan fingerprint density at radius 3 is 2.62 bits per heavy atom. The zero-order chi connectivity index (χ0) is 12.0. The van der Waals surface area contributed by atoms with Gasteiger partial charge in [0.05, 0.1) is 20.1 Å². The minimum atomic E-state index is -0.200. The van der Waals surface area contributed by atoms with Crippen LogP contribution >= 0.6 is 0 Å². The summed E-state index contributed by atoms with van der Waals surface area (Å²) in [6, 6.07) is 5.83.